The molecule has 1 aliphatic carbocycles. The van der Waals surface area contributed by atoms with E-state index in [1.54, 1.807) is 6.92 Å². The molecule has 0 saturated heterocycles. The lowest BCUT2D eigenvalue weighted by atomic mass is 9.89. The zero-order valence-corrected chi connectivity index (χ0v) is 11.6. The number of rotatable bonds is 2. The molecule has 1 aliphatic rings. The summed E-state index contributed by atoms with van der Waals surface area (Å²) in [7, 11) is 2.09. The molecule has 2 aromatic rings. The Bertz CT molecular complexity index is 621. The van der Waals surface area contributed by atoms with Crippen LogP contribution in [0.4, 0.5) is 0 Å². The van der Waals surface area contributed by atoms with Crippen LogP contribution in [0.5, 0.6) is 0 Å². The number of carbonyl (C=O) groups excluding carboxylic acids is 1. The second-order valence-electron chi connectivity index (χ2n) is 5.62. The molecule has 0 atom stereocenters. The van der Waals surface area contributed by atoms with Gasteiger partial charge >= 0.3 is 0 Å². The van der Waals surface area contributed by atoms with Gasteiger partial charge in [-0.05, 0) is 38.0 Å². The predicted octanol–water partition coefficient (Wildman–Crippen LogP) is 3.82. The minimum atomic E-state index is 0.103. The number of fused-ring (bicyclic) bond motifs is 1. The van der Waals surface area contributed by atoms with Gasteiger partial charge in [-0.15, -0.1) is 0 Å². The van der Waals surface area contributed by atoms with Gasteiger partial charge in [-0.1, -0.05) is 19.3 Å². The van der Waals surface area contributed by atoms with Gasteiger partial charge < -0.3 is 4.57 Å². The van der Waals surface area contributed by atoms with Gasteiger partial charge in [-0.25, -0.2) is 4.98 Å². The van der Waals surface area contributed by atoms with Crippen molar-refractivity contribution in [3.63, 3.8) is 0 Å². The topological polar surface area (TPSA) is 34.9 Å². The summed E-state index contributed by atoms with van der Waals surface area (Å²) < 4.78 is 2.20. The molecule has 100 valence electrons. The Kier molecular flexibility index (Phi) is 3.13. The van der Waals surface area contributed by atoms with Crippen molar-refractivity contribution < 1.29 is 4.79 Å². The van der Waals surface area contributed by atoms with E-state index in [0.29, 0.717) is 5.92 Å². The van der Waals surface area contributed by atoms with Crippen LogP contribution < -0.4 is 0 Å². The Labute approximate surface area is 113 Å². The summed E-state index contributed by atoms with van der Waals surface area (Å²) in [5, 5.41) is 0. The Morgan fingerprint density at radius 3 is 2.68 bits per heavy atom. The van der Waals surface area contributed by atoms with Crippen LogP contribution in [0.3, 0.4) is 0 Å². The first kappa shape index (κ1) is 12.4. The zero-order valence-electron chi connectivity index (χ0n) is 11.6. The molecular weight excluding hydrogens is 236 g/mol. The summed E-state index contributed by atoms with van der Waals surface area (Å²) >= 11 is 0. The number of Topliss-reactive ketones (excluding diaryl/α,β-unsaturated/α-hetero) is 1. The lowest BCUT2D eigenvalue weighted by Gasteiger charge is -2.20. The summed E-state index contributed by atoms with van der Waals surface area (Å²) in [6.45, 7) is 1.60. The predicted molar refractivity (Wildman–Crippen MR) is 76.5 cm³/mol. The van der Waals surface area contributed by atoms with Crippen LogP contribution in [0.15, 0.2) is 18.2 Å². The van der Waals surface area contributed by atoms with E-state index in [0.717, 1.165) is 16.6 Å². The lowest BCUT2D eigenvalue weighted by Crippen LogP contribution is -2.09. The number of ketones is 1. The van der Waals surface area contributed by atoms with E-state index in [-0.39, 0.29) is 5.78 Å². The summed E-state index contributed by atoms with van der Waals surface area (Å²) in [5.74, 6) is 1.88. The van der Waals surface area contributed by atoms with E-state index in [4.69, 9.17) is 4.98 Å². The fourth-order valence-corrected chi connectivity index (χ4v) is 3.16. The first-order valence-electron chi connectivity index (χ1n) is 7.14. The van der Waals surface area contributed by atoms with Crippen molar-refractivity contribution in [3.05, 3.63) is 29.6 Å². The Hall–Kier alpha value is -1.64. The fraction of sp³-hybridized carbons (Fsp3) is 0.500. The molecule has 0 spiro atoms. The highest BCUT2D eigenvalue weighted by molar-refractivity contribution is 5.97. The van der Waals surface area contributed by atoms with E-state index in [2.05, 4.69) is 11.6 Å². The quantitative estimate of drug-likeness (QED) is 0.765. The highest BCUT2D eigenvalue weighted by Gasteiger charge is 2.21. The van der Waals surface area contributed by atoms with Crippen LogP contribution in [-0.2, 0) is 7.05 Å². The van der Waals surface area contributed by atoms with Crippen LogP contribution in [-0.4, -0.2) is 15.3 Å². The first-order valence-corrected chi connectivity index (χ1v) is 7.14. The van der Waals surface area contributed by atoms with Gasteiger partial charge in [-0.3, -0.25) is 4.79 Å². The molecular formula is C16H20N2O. The average Bonchev–Trinajstić information content (AvgIpc) is 2.76. The third-order valence-electron chi connectivity index (χ3n) is 4.29. The minimum absolute atomic E-state index is 0.103. The van der Waals surface area contributed by atoms with Gasteiger partial charge in [0.2, 0.25) is 0 Å². The van der Waals surface area contributed by atoms with E-state index in [1.165, 1.54) is 37.9 Å². The van der Waals surface area contributed by atoms with Crippen molar-refractivity contribution in [1.29, 1.82) is 0 Å². The van der Waals surface area contributed by atoms with Crippen molar-refractivity contribution in [1.82, 2.24) is 9.55 Å². The smallest absolute Gasteiger partial charge is 0.159 e. The number of aryl methyl sites for hydroxylation is 1. The largest absolute Gasteiger partial charge is 0.331 e. The number of aromatic nitrogens is 2. The molecule has 1 fully saturated rings. The van der Waals surface area contributed by atoms with Crippen LogP contribution in [0.2, 0.25) is 0 Å². The molecule has 0 N–H and O–H groups in total. The zero-order chi connectivity index (χ0) is 13.4. The van der Waals surface area contributed by atoms with E-state index in [1.807, 2.05) is 18.2 Å². The molecule has 1 saturated carbocycles. The van der Waals surface area contributed by atoms with Crippen LogP contribution >= 0.6 is 0 Å². The van der Waals surface area contributed by atoms with Crippen molar-refractivity contribution in [3.8, 4) is 0 Å². The molecule has 1 aromatic carbocycles. The SMILES string of the molecule is CC(=O)c1ccc2c(c1)nc(C1CCCCC1)n2C. The summed E-state index contributed by atoms with van der Waals surface area (Å²) in [5.41, 5.74) is 2.84. The third-order valence-corrected chi connectivity index (χ3v) is 4.29. The number of hydrogen-bond donors (Lipinski definition) is 0. The monoisotopic (exact) mass is 256 g/mol. The molecule has 0 bridgehead atoms. The second-order valence-corrected chi connectivity index (χ2v) is 5.62. The van der Waals surface area contributed by atoms with Crippen LogP contribution in [0, 0.1) is 0 Å². The van der Waals surface area contributed by atoms with Crippen molar-refractivity contribution in [2.75, 3.05) is 0 Å². The molecule has 19 heavy (non-hydrogen) atoms. The van der Waals surface area contributed by atoms with Gasteiger partial charge in [0.05, 0.1) is 11.0 Å². The van der Waals surface area contributed by atoms with Gasteiger partial charge in [0, 0.05) is 18.5 Å². The molecule has 0 aliphatic heterocycles. The van der Waals surface area contributed by atoms with Crippen LogP contribution in [0.25, 0.3) is 11.0 Å². The number of hydrogen-bond acceptors (Lipinski definition) is 2. The number of benzene rings is 1. The number of nitrogens with zero attached hydrogens (tertiary/aromatic N) is 2. The third kappa shape index (κ3) is 2.18. The molecule has 1 heterocycles. The lowest BCUT2D eigenvalue weighted by molar-refractivity contribution is 0.101. The molecule has 3 rings (SSSR count). The van der Waals surface area contributed by atoms with Gasteiger partial charge in [0.15, 0.2) is 5.78 Å². The standard InChI is InChI=1S/C16H20N2O/c1-11(19)13-8-9-15-14(10-13)17-16(18(15)2)12-6-4-3-5-7-12/h8-10,12H,3-7H2,1-2H3. The van der Waals surface area contributed by atoms with Gasteiger partial charge in [-0.2, -0.15) is 0 Å². The van der Waals surface area contributed by atoms with Crippen molar-refractivity contribution >= 4 is 16.8 Å². The molecule has 0 unspecified atom stereocenters. The van der Waals surface area contributed by atoms with Crippen LogP contribution in [0.1, 0.15) is 61.1 Å². The maximum absolute atomic E-state index is 11.4. The molecule has 0 radical (unpaired) electrons. The summed E-state index contributed by atoms with van der Waals surface area (Å²) in [6, 6.07) is 5.84. The van der Waals surface area contributed by atoms with E-state index >= 15 is 0 Å². The average molecular weight is 256 g/mol. The van der Waals surface area contributed by atoms with Gasteiger partial charge in [0.1, 0.15) is 5.82 Å². The Morgan fingerprint density at radius 2 is 2.00 bits per heavy atom. The molecule has 3 heteroatoms. The minimum Gasteiger partial charge on any atom is -0.331 e. The Balaban J connectivity index is 2.06. The van der Waals surface area contributed by atoms with Gasteiger partial charge in [0.25, 0.3) is 0 Å². The van der Waals surface area contributed by atoms with E-state index < -0.39 is 0 Å². The molecule has 3 nitrogen and oxygen atoms in total. The van der Waals surface area contributed by atoms with Crippen molar-refractivity contribution in [2.24, 2.45) is 7.05 Å². The maximum atomic E-state index is 11.4. The van der Waals surface area contributed by atoms with E-state index in [9.17, 15) is 4.79 Å². The summed E-state index contributed by atoms with van der Waals surface area (Å²) in [4.78, 5) is 16.2. The molecule has 1 aromatic heterocycles. The van der Waals surface area contributed by atoms with Crippen molar-refractivity contribution in [2.45, 2.75) is 44.9 Å². The molecule has 0 amide bonds. The normalized spacial score (nSPS) is 16.9. The second kappa shape index (κ2) is 4.80. The number of carbonyl (C=O) groups is 1. The fourth-order valence-electron chi connectivity index (χ4n) is 3.16. The summed E-state index contributed by atoms with van der Waals surface area (Å²) in [6.07, 6.45) is 6.47. The number of imidazole rings is 1. The highest BCUT2D eigenvalue weighted by atomic mass is 16.1. The first-order chi connectivity index (χ1) is 9.16. The highest BCUT2D eigenvalue weighted by Crippen LogP contribution is 2.33. The maximum Gasteiger partial charge on any atom is 0.159 e. The Morgan fingerprint density at radius 1 is 1.26 bits per heavy atom.